The van der Waals surface area contributed by atoms with Gasteiger partial charge in [0.25, 0.3) is 0 Å². The van der Waals surface area contributed by atoms with E-state index in [1.807, 2.05) is 56.3 Å². The first kappa shape index (κ1) is 16.8. The number of ether oxygens (including phenoxy) is 1. The van der Waals surface area contributed by atoms with Gasteiger partial charge in [0, 0.05) is 6.92 Å². The lowest BCUT2D eigenvalue weighted by molar-refractivity contribution is -0.110. The molecule has 2 aliphatic rings. The van der Waals surface area contributed by atoms with Crippen molar-refractivity contribution in [2.75, 3.05) is 5.01 Å². The third-order valence-electron chi connectivity index (χ3n) is 4.66. The monoisotopic (exact) mass is 366 g/mol. The van der Waals surface area contributed by atoms with Crippen LogP contribution in [0, 0.1) is 0 Å². The van der Waals surface area contributed by atoms with Crippen molar-refractivity contribution in [3.05, 3.63) is 60.2 Å². The molecule has 6 heteroatoms. The first-order valence-electron chi connectivity index (χ1n) is 8.33. The summed E-state index contributed by atoms with van der Waals surface area (Å²) in [6.45, 7) is 5.19. The van der Waals surface area contributed by atoms with Crippen molar-refractivity contribution in [3.63, 3.8) is 0 Å². The number of hydrogen-bond acceptors (Lipinski definition) is 6. The number of nitrogens with zero attached hydrogens (tertiary/aromatic N) is 2. The lowest BCUT2D eigenvalue weighted by Gasteiger charge is -2.49. The summed E-state index contributed by atoms with van der Waals surface area (Å²) in [6, 6.07) is 16.6. The molecule has 0 saturated carbocycles. The van der Waals surface area contributed by atoms with Gasteiger partial charge in [-0.05, 0) is 38.1 Å². The van der Waals surface area contributed by atoms with Crippen molar-refractivity contribution >= 4 is 34.1 Å². The quantitative estimate of drug-likeness (QED) is 0.807. The Balaban J connectivity index is 1.95. The van der Waals surface area contributed by atoms with Gasteiger partial charge in [-0.1, -0.05) is 42.1 Å². The Hall–Kier alpha value is -2.60. The number of Topliss-reactive ketones (excluding diaryl/α,β-unsaturated/α-hetero) is 2. The normalized spacial score (nSPS) is 23.4. The topological polar surface area (TPSA) is 59.0 Å². The molecular weight excluding hydrogens is 348 g/mol. The zero-order valence-corrected chi connectivity index (χ0v) is 15.5. The van der Waals surface area contributed by atoms with Gasteiger partial charge in [-0.2, -0.15) is 5.10 Å². The zero-order valence-electron chi connectivity index (χ0n) is 14.7. The first-order chi connectivity index (χ1) is 12.4. The van der Waals surface area contributed by atoms with Crippen molar-refractivity contribution in [2.24, 2.45) is 5.10 Å². The van der Waals surface area contributed by atoms with Crippen LogP contribution >= 0.6 is 11.8 Å². The number of hydrogen-bond donors (Lipinski definition) is 0. The van der Waals surface area contributed by atoms with Gasteiger partial charge in [-0.3, -0.25) is 9.59 Å². The highest BCUT2D eigenvalue weighted by Crippen LogP contribution is 2.54. The number of carbonyl (C=O) groups is 2. The van der Waals surface area contributed by atoms with Crippen LogP contribution in [0.1, 0.15) is 31.1 Å². The second-order valence-corrected chi connectivity index (χ2v) is 7.97. The smallest absolute Gasteiger partial charge is 0.216 e. The SMILES string of the molecule is CC(=O)C1=NN(c2ccccc2)[C@@]2(S1)C(=O)c1ccccc1OC2(C)C. The summed E-state index contributed by atoms with van der Waals surface area (Å²) in [7, 11) is 0. The third kappa shape index (κ3) is 2.22. The number of fused-ring (bicyclic) bond motifs is 1. The molecule has 0 saturated heterocycles. The largest absolute Gasteiger partial charge is 0.483 e. The van der Waals surface area contributed by atoms with Gasteiger partial charge >= 0.3 is 0 Å². The number of ketones is 2. The molecule has 1 spiro atoms. The van der Waals surface area contributed by atoms with Gasteiger partial charge in [0.2, 0.25) is 10.7 Å². The summed E-state index contributed by atoms with van der Waals surface area (Å²) in [5.41, 5.74) is 0.320. The summed E-state index contributed by atoms with van der Waals surface area (Å²) >= 11 is 1.18. The van der Waals surface area contributed by atoms with Gasteiger partial charge in [0.15, 0.2) is 10.8 Å². The fourth-order valence-corrected chi connectivity index (χ4v) is 4.65. The van der Waals surface area contributed by atoms with Crippen molar-refractivity contribution in [2.45, 2.75) is 31.2 Å². The number of carbonyl (C=O) groups excluding carboxylic acids is 2. The van der Waals surface area contributed by atoms with Crippen LogP contribution in [0.5, 0.6) is 5.75 Å². The molecule has 0 unspecified atom stereocenters. The van der Waals surface area contributed by atoms with E-state index >= 15 is 0 Å². The Morgan fingerprint density at radius 3 is 2.42 bits per heavy atom. The van der Waals surface area contributed by atoms with Crippen LogP contribution < -0.4 is 9.75 Å². The van der Waals surface area contributed by atoms with E-state index < -0.39 is 10.5 Å². The molecule has 2 aliphatic heterocycles. The molecule has 0 aromatic heterocycles. The maximum absolute atomic E-state index is 13.7. The Morgan fingerprint density at radius 2 is 1.73 bits per heavy atom. The molecule has 0 bridgehead atoms. The van der Waals surface area contributed by atoms with Crippen LogP contribution in [-0.2, 0) is 4.79 Å². The molecular formula is C20H18N2O3S. The zero-order chi connectivity index (χ0) is 18.5. The molecule has 2 aromatic carbocycles. The van der Waals surface area contributed by atoms with Crippen LogP contribution in [-0.4, -0.2) is 27.1 Å². The summed E-state index contributed by atoms with van der Waals surface area (Å²) < 4.78 is 6.24. The van der Waals surface area contributed by atoms with Gasteiger partial charge in [-0.25, -0.2) is 5.01 Å². The summed E-state index contributed by atoms with van der Waals surface area (Å²) in [4.78, 5) is 24.6. The lowest BCUT2D eigenvalue weighted by atomic mass is 9.85. The Labute approximate surface area is 156 Å². The van der Waals surface area contributed by atoms with Gasteiger partial charge < -0.3 is 4.74 Å². The second-order valence-electron chi connectivity index (χ2n) is 6.79. The van der Waals surface area contributed by atoms with Crippen LogP contribution in [0.15, 0.2) is 59.7 Å². The van der Waals surface area contributed by atoms with Crippen LogP contribution in [0.3, 0.4) is 0 Å². The van der Waals surface area contributed by atoms with E-state index in [0.717, 1.165) is 5.69 Å². The minimum Gasteiger partial charge on any atom is -0.483 e. The molecule has 132 valence electrons. The average molecular weight is 366 g/mol. The fraction of sp³-hybridized carbons (Fsp3) is 0.250. The number of para-hydroxylation sites is 2. The number of anilines is 1. The number of thioether (sulfide) groups is 1. The molecule has 1 atom stereocenters. The summed E-state index contributed by atoms with van der Waals surface area (Å²) in [6.07, 6.45) is 0. The van der Waals surface area contributed by atoms with E-state index in [0.29, 0.717) is 16.4 Å². The molecule has 26 heavy (non-hydrogen) atoms. The maximum atomic E-state index is 13.7. The van der Waals surface area contributed by atoms with E-state index in [9.17, 15) is 9.59 Å². The predicted octanol–water partition coefficient (Wildman–Crippen LogP) is 3.89. The van der Waals surface area contributed by atoms with E-state index in [4.69, 9.17) is 4.74 Å². The van der Waals surface area contributed by atoms with Crippen LogP contribution in [0.2, 0.25) is 0 Å². The molecule has 5 nitrogen and oxygen atoms in total. The Kier molecular flexibility index (Phi) is 3.70. The number of rotatable bonds is 2. The standard InChI is InChI=1S/C20H18N2O3S/c1-13(23)18-21-22(14-9-5-4-6-10-14)20(26-18)17(24)15-11-7-8-12-16(15)25-19(20,2)3/h4-12H,1-3H3/t20-/m1/s1. The lowest BCUT2D eigenvalue weighted by Crippen LogP contribution is -2.66. The minimum absolute atomic E-state index is 0.113. The molecule has 2 heterocycles. The highest BCUT2D eigenvalue weighted by molar-refractivity contribution is 8.18. The molecule has 4 rings (SSSR count). The molecule has 0 amide bonds. The van der Waals surface area contributed by atoms with Gasteiger partial charge in [0.1, 0.15) is 11.4 Å². The summed E-state index contributed by atoms with van der Waals surface area (Å²) in [5, 5.41) is 6.47. The highest BCUT2D eigenvalue weighted by atomic mass is 32.2. The van der Waals surface area contributed by atoms with E-state index in [1.165, 1.54) is 18.7 Å². The third-order valence-corrected chi connectivity index (χ3v) is 6.36. The van der Waals surface area contributed by atoms with Crippen LogP contribution in [0.25, 0.3) is 0 Å². The second kappa shape index (κ2) is 5.71. The first-order valence-corrected chi connectivity index (χ1v) is 9.15. The molecule has 2 aromatic rings. The fourth-order valence-electron chi connectivity index (χ4n) is 3.38. The Morgan fingerprint density at radius 1 is 1.08 bits per heavy atom. The Bertz CT molecular complexity index is 939. The highest BCUT2D eigenvalue weighted by Gasteiger charge is 2.65. The summed E-state index contributed by atoms with van der Waals surface area (Å²) in [5.74, 6) is 0.270. The van der Waals surface area contributed by atoms with Crippen molar-refractivity contribution < 1.29 is 14.3 Å². The van der Waals surface area contributed by atoms with E-state index in [-0.39, 0.29) is 11.6 Å². The molecule has 0 N–H and O–H groups in total. The van der Waals surface area contributed by atoms with Crippen molar-refractivity contribution in [1.82, 2.24) is 0 Å². The minimum atomic E-state index is -1.19. The van der Waals surface area contributed by atoms with Crippen molar-refractivity contribution in [3.8, 4) is 5.75 Å². The van der Waals surface area contributed by atoms with Gasteiger partial charge in [0.05, 0.1) is 11.3 Å². The average Bonchev–Trinajstić information content (AvgIpc) is 3.04. The van der Waals surface area contributed by atoms with E-state index in [2.05, 4.69) is 5.10 Å². The van der Waals surface area contributed by atoms with E-state index in [1.54, 1.807) is 17.1 Å². The van der Waals surface area contributed by atoms with Crippen molar-refractivity contribution in [1.29, 1.82) is 0 Å². The van der Waals surface area contributed by atoms with Gasteiger partial charge in [-0.15, -0.1) is 0 Å². The number of hydrazone groups is 1. The molecule has 0 fully saturated rings. The van der Waals surface area contributed by atoms with Crippen LogP contribution in [0.4, 0.5) is 5.69 Å². The predicted molar refractivity (Wildman–Crippen MR) is 103 cm³/mol. The molecule has 0 radical (unpaired) electrons. The number of benzene rings is 2. The maximum Gasteiger partial charge on any atom is 0.216 e. The molecule has 0 aliphatic carbocycles.